The largest absolute Gasteiger partial charge is 0.508 e. The molecule has 0 bridgehead atoms. The number of fused-ring (bicyclic) bond motifs is 2. The van der Waals surface area contributed by atoms with Gasteiger partial charge in [-0.15, -0.1) is 6.42 Å². The summed E-state index contributed by atoms with van der Waals surface area (Å²) in [7, 11) is 0. The fraction of sp³-hybridized carbons (Fsp3) is 0.257. The molecule has 10 nitrogen and oxygen atoms in total. The van der Waals surface area contributed by atoms with E-state index in [9.17, 15) is 19.5 Å². The highest BCUT2D eigenvalue weighted by atomic mass is 35.5. The summed E-state index contributed by atoms with van der Waals surface area (Å²) in [5.41, 5.74) is 3.11. The van der Waals surface area contributed by atoms with E-state index < -0.39 is 18.2 Å². The Balaban J connectivity index is 0.00000417. The summed E-state index contributed by atoms with van der Waals surface area (Å²) < 4.78 is 0. The molecule has 0 aliphatic carbocycles. The predicted molar refractivity (Wildman–Crippen MR) is 176 cm³/mol. The Hall–Kier alpha value is -5.11. The van der Waals surface area contributed by atoms with Crippen LogP contribution in [0.25, 0.3) is 10.9 Å². The lowest BCUT2D eigenvalue weighted by Crippen LogP contribution is -2.76. The molecule has 236 valence electrons. The fourth-order valence-electron chi connectivity index (χ4n) is 6.02. The molecule has 46 heavy (non-hydrogen) atoms. The lowest BCUT2D eigenvalue weighted by atomic mass is 9.98. The lowest BCUT2D eigenvalue weighted by molar-refractivity contribution is -0.189. The molecule has 11 heteroatoms. The molecule has 0 saturated carbocycles. The number of pyridine rings is 1. The molecule has 2 aliphatic rings. The first-order valence-corrected chi connectivity index (χ1v) is 14.9. The van der Waals surface area contributed by atoms with Gasteiger partial charge in [0.1, 0.15) is 18.0 Å². The van der Waals surface area contributed by atoms with Gasteiger partial charge in [-0.1, -0.05) is 73.5 Å². The first-order chi connectivity index (χ1) is 21.8. The maximum absolute atomic E-state index is 14.3. The minimum atomic E-state index is -0.912. The molecular formula is C35H35ClN6O4. The highest BCUT2D eigenvalue weighted by Crippen LogP contribution is 2.31. The van der Waals surface area contributed by atoms with Crippen LogP contribution in [0.2, 0.25) is 5.02 Å². The van der Waals surface area contributed by atoms with Crippen molar-refractivity contribution in [1.82, 2.24) is 30.1 Å². The van der Waals surface area contributed by atoms with E-state index in [1.807, 2.05) is 42.5 Å². The number of piperazine rings is 1. The van der Waals surface area contributed by atoms with E-state index in [-0.39, 0.29) is 64.1 Å². The molecule has 0 radical (unpaired) electrons. The van der Waals surface area contributed by atoms with Crippen LogP contribution in [0.3, 0.4) is 0 Å². The quantitative estimate of drug-likeness (QED) is 0.290. The summed E-state index contributed by atoms with van der Waals surface area (Å²) in [6.45, 7) is 0.362. The molecular weight excluding hydrogens is 604 g/mol. The van der Waals surface area contributed by atoms with Crippen molar-refractivity contribution < 1.29 is 19.5 Å². The van der Waals surface area contributed by atoms with Crippen molar-refractivity contribution in [3.05, 3.63) is 107 Å². The monoisotopic (exact) mass is 638 g/mol. The van der Waals surface area contributed by atoms with E-state index in [2.05, 4.69) is 16.2 Å². The van der Waals surface area contributed by atoms with Gasteiger partial charge in [-0.25, -0.2) is 9.80 Å². The average Bonchev–Trinajstić information content (AvgIpc) is 3.05. The van der Waals surface area contributed by atoms with Crippen LogP contribution in [-0.2, 0) is 29.1 Å². The number of terminal acetylenes is 1. The maximum atomic E-state index is 14.3. The minimum Gasteiger partial charge on any atom is -0.508 e. The van der Waals surface area contributed by atoms with Gasteiger partial charge >= 0.3 is 6.03 Å². The Morgan fingerprint density at radius 2 is 1.78 bits per heavy atom. The topological polar surface area (TPSA) is 109 Å². The number of urea groups is 1. The number of hydrogen-bond acceptors (Lipinski definition) is 6. The van der Waals surface area contributed by atoms with Crippen molar-refractivity contribution in [2.24, 2.45) is 0 Å². The van der Waals surface area contributed by atoms with Crippen molar-refractivity contribution in [3.63, 3.8) is 0 Å². The van der Waals surface area contributed by atoms with Crippen molar-refractivity contribution in [2.75, 3.05) is 19.6 Å². The van der Waals surface area contributed by atoms with Crippen LogP contribution in [0.4, 0.5) is 4.79 Å². The third kappa shape index (κ3) is 6.47. The Morgan fingerprint density at radius 3 is 2.52 bits per heavy atom. The summed E-state index contributed by atoms with van der Waals surface area (Å²) in [5.74, 6) is 2.09. The molecule has 0 spiro atoms. The number of hydrazine groups is 1. The number of carbonyl (C=O) groups excluding carboxylic acids is 3. The van der Waals surface area contributed by atoms with Gasteiger partial charge in [-0.3, -0.25) is 14.6 Å². The van der Waals surface area contributed by atoms with Crippen LogP contribution in [-0.4, -0.2) is 79.6 Å². The molecule has 2 aliphatic heterocycles. The average molecular weight is 639 g/mol. The van der Waals surface area contributed by atoms with E-state index in [0.717, 1.165) is 22.1 Å². The Kier molecular flexibility index (Phi) is 9.75. The summed E-state index contributed by atoms with van der Waals surface area (Å²) in [4.78, 5) is 49.6. The zero-order valence-electron chi connectivity index (χ0n) is 24.3. The molecule has 2 atom stereocenters. The molecule has 4 amide bonds. The van der Waals surface area contributed by atoms with Gasteiger partial charge in [-0.05, 0) is 47.0 Å². The van der Waals surface area contributed by atoms with Gasteiger partial charge in [-0.2, -0.15) is 5.01 Å². The molecule has 3 aromatic carbocycles. The van der Waals surface area contributed by atoms with Gasteiger partial charge < -0.3 is 20.2 Å². The normalized spacial score (nSPS) is 18.1. The van der Waals surface area contributed by atoms with E-state index in [4.69, 9.17) is 18.0 Å². The molecule has 3 heterocycles. The second kappa shape index (κ2) is 13.9. The van der Waals surface area contributed by atoms with E-state index in [1.54, 1.807) is 52.5 Å². The van der Waals surface area contributed by atoms with Crippen molar-refractivity contribution in [1.29, 1.82) is 0 Å². The smallest absolute Gasteiger partial charge is 0.334 e. The Morgan fingerprint density at radius 1 is 1.02 bits per heavy atom. The predicted octanol–water partition coefficient (Wildman–Crippen LogP) is 4.41. The van der Waals surface area contributed by atoms with Gasteiger partial charge in [0.2, 0.25) is 11.8 Å². The van der Waals surface area contributed by atoms with Gasteiger partial charge in [0.05, 0.1) is 25.2 Å². The third-order valence-corrected chi connectivity index (χ3v) is 8.45. The van der Waals surface area contributed by atoms with E-state index >= 15 is 0 Å². The van der Waals surface area contributed by atoms with Gasteiger partial charge in [0, 0.05) is 36.1 Å². The molecule has 0 unspecified atom stereocenters. The van der Waals surface area contributed by atoms with E-state index in [0.29, 0.717) is 10.5 Å². The second-order valence-electron chi connectivity index (χ2n) is 11.0. The molecule has 2 saturated heterocycles. The van der Waals surface area contributed by atoms with Crippen LogP contribution >= 0.6 is 11.6 Å². The number of carbonyl (C=O) groups is 3. The van der Waals surface area contributed by atoms with Crippen LogP contribution < -0.4 is 5.32 Å². The highest BCUT2D eigenvalue weighted by molar-refractivity contribution is 6.35. The van der Waals surface area contributed by atoms with Gasteiger partial charge in [0.25, 0.3) is 0 Å². The number of phenols is 1. The number of nitrogens with one attached hydrogen (secondary N) is 1. The zero-order valence-corrected chi connectivity index (χ0v) is 25.1. The SMILES string of the molecule is C.C#CCN1CC(=O)N2[C@@H](Cc3ccc(O)cc3)C(=O)N(Cc3ccc(Cl)c4cccnc34)C[C@@H]2N1C(=O)NCc1ccccc1. The number of aromatic hydroxyl groups is 1. The Bertz CT molecular complexity index is 1780. The molecule has 4 aromatic rings. The summed E-state index contributed by atoms with van der Waals surface area (Å²) in [5, 5.41) is 17.1. The number of nitrogens with zero attached hydrogens (tertiary/aromatic N) is 5. The fourth-order valence-corrected chi connectivity index (χ4v) is 6.23. The van der Waals surface area contributed by atoms with Crippen molar-refractivity contribution in [3.8, 4) is 18.1 Å². The summed E-state index contributed by atoms with van der Waals surface area (Å²) in [6.07, 6.45) is 6.71. The third-order valence-electron chi connectivity index (χ3n) is 8.13. The molecule has 1 aromatic heterocycles. The number of amides is 4. The number of phenolic OH excluding ortho intramolecular Hbond substituents is 1. The first kappa shape index (κ1) is 32.3. The molecule has 6 rings (SSSR count). The summed E-state index contributed by atoms with van der Waals surface area (Å²) >= 11 is 6.45. The Labute approximate surface area is 273 Å². The number of benzene rings is 3. The number of rotatable bonds is 7. The molecule has 2 fully saturated rings. The van der Waals surface area contributed by atoms with E-state index in [1.165, 1.54) is 9.91 Å². The van der Waals surface area contributed by atoms with Gasteiger partial charge in [0.15, 0.2) is 0 Å². The first-order valence-electron chi connectivity index (χ1n) is 14.5. The second-order valence-corrected chi connectivity index (χ2v) is 11.4. The minimum absolute atomic E-state index is 0. The van der Waals surface area contributed by atoms with Crippen molar-refractivity contribution >= 4 is 40.3 Å². The van der Waals surface area contributed by atoms with Crippen LogP contribution in [0, 0.1) is 12.3 Å². The maximum Gasteiger partial charge on any atom is 0.334 e. The highest BCUT2D eigenvalue weighted by Gasteiger charge is 2.51. The number of hydrogen-bond donors (Lipinski definition) is 2. The van der Waals surface area contributed by atoms with Crippen LogP contribution in [0.5, 0.6) is 5.75 Å². The van der Waals surface area contributed by atoms with Crippen LogP contribution in [0.1, 0.15) is 24.1 Å². The van der Waals surface area contributed by atoms with Crippen molar-refractivity contribution in [2.45, 2.75) is 39.1 Å². The standard InChI is InChI=1S/C34H31ClN6O4.CH4/c1-2-17-39-22-31(43)40-29(18-23-10-13-26(42)14-11-23)33(44)38(20-25-12-15-28(35)27-9-6-16-36-32(25)27)21-30(40)41(39)34(45)37-19-24-7-4-3-5-8-24;/h1,3-16,29-30,42H,17-22H2,(H,37,45);1H4/t29-,30-;/m0./s1. The lowest BCUT2D eigenvalue weighted by Gasteiger charge is -2.55. The number of halogens is 1. The zero-order chi connectivity index (χ0) is 31.5. The summed E-state index contributed by atoms with van der Waals surface area (Å²) in [6, 6.07) is 22.0. The number of aromatic nitrogens is 1. The van der Waals surface area contributed by atoms with Crippen LogP contribution in [0.15, 0.2) is 85.1 Å². The molecule has 2 N–H and O–H groups in total.